The topological polar surface area (TPSA) is 66.8 Å². The van der Waals surface area contributed by atoms with E-state index in [9.17, 15) is 14.4 Å². The average Bonchev–Trinajstić information content (AvgIpc) is 2.74. The van der Waals surface area contributed by atoms with Gasteiger partial charge in [-0.05, 0) is 49.1 Å². The second kappa shape index (κ2) is 8.76. The zero-order chi connectivity index (χ0) is 22.9. The van der Waals surface area contributed by atoms with E-state index in [0.29, 0.717) is 5.56 Å². The molecule has 0 bridgehead atoms. The van der Waals surface area contributed by atoms with Gasteiger partial charge in [-0.1, -0.05) is 95.6 Å². The summed E-state index contributed by atoms with van der Waals surface area (Å²) in [7, 11) is -4.76. The third kappa shape index (κ3) is 4.84. The lowest BCUT2D eigenvalue weighted by molar-refractivity contribution is 0.283. The predicted molar refractivity (Wildman–Crippen MR) is 130 cm³/mol. The molecule has 5 heteroatoms. The number of phosphoric ester groups is 1. The first kappa shape index (κ1) is 22.0. The summed E-state index contributed by atoms with van der Waals surface area (Å²) in [5.74, 6) is 0.147. The van der Waals surface area contributed by atoms with Gasteiger partial charge in [-0.2, -0.15) is 0 Å². The maximum absolute atomic E-state index is 11.8. The van der Waals surface area contributed by atoms with E-state index in [1.54, 1.807) is 6.07 Å². The fourth-order valence-electron chi connectivity index (χ4n) is 3.79. The summed E-state index contributed by atoms with van der Waals surface area (Å²) in [4.78, 5) is 19.2. The molecule has 32 heavy (non-hydrogen) atoms. The minimum absolute atomic E-state index is 0.147. The van der Waals surface area contributed by atoms with Crippen molar-refractivity contribution in [1.82, 2.24) is 0 Å². The molecule has 0 saturated carbocycles. The number of phosphoric acid groups is 1. The lowest BCUT2D eigenvalue weighted by Crippen LogP contribution is -1.97. The maximum Gasteiger partial charge on any atom is 0.524 e. The Morgan fingerprint density at radius 3 is 1.41 bits per heavy atom. The van der Waals surface area contributed by atoms with Crippen LogP contribution in [-0.2, 0) is 4.57 Å². The van der Waals surface area contributed by atoms with Crippen molar-refractivity contribution in [2.24, 2.45) is 0 Å². The van der Waals surface area contributed by atoms with Crippen molar-refractivity contribution in [3.05, 3.63) is 102 Å². The Morgan fingerprint density at radius 1 is 0.562 bits per heavy atom. The van der Waals surface area contributed by atoms with Crippen molar-refractivity contribution in [3.8, 4) is 39.1 Å². The molecule has 4 nitrogen and oxygen atoms in total. The molecule has 0 heterocycles. The number of hydrogen-bond acceptors (Lipinski definition) is 2. The molecular weight excluding hydrogens is 419 g/mol. The van der Waals surface area contributed by atoms with Crippen molar-refractivity contribution < 1.29 is 18.9 Å². The highest BCUT2D eigenvalue weighted by Crippen LogP contribution is 2.49. The van der Waals surface area contributed by atoms with Crippen molar-refractivity contribution in [3.63, 3.8) is 0 Å². The second-order valence-corrected chi connectivity index (χ2v) is 9.20. The van der Waals surface area contributed by atoms with E-state index < -0.39 is 7.82 Å². The molecule has 4 aromatic carbocycles. The van der Waals surface area contributed by atoms with Crippen LogP contribution in [0.15, 0.2) is 84.9 Å². The minimum Gasteiger partial charge on any atom is -0.404 e. The number of aryl methyl sites for hydroxylation is 3. The van der Waals surface area contributed by atoms with Crippen LogP contribution in [0.1, 0.15) is 16.7 Å². The third-order valence-electron chi connectivity index (χ3n) is 5.43. The highest BCUT2D eigenvalue weighted by atomic mass is 31.2. The van der Waals surface area contributed by atoms with Gasteiger partial charge in [-0.3, -0.25) is 9.79 Å². The summed E-state index contributed by atoms with van der Waals surface area (Å²) in [5.41, 5.74) is 8.64. The first-order valence-corrected chi connectivity index (χ1v) is 11.9. The van der Waals surface area contributed by atoms with E-state index in [4.69, 9.17) is 4.52 Å². The molecule has 0 aromatic heterocycles. The molecule has 0 fully saturated rings. The van der Waals surface area contributed by atoms with Gasteiger partial charge in [0.2, 0.25) is 0 Å². The molecule has 0 aliphatic heterocycles. The molecule has 0 radical (unpaired) electrons. The van der Waals surface area contributed by atoms with Crippen molar-refractivity contribution in [2.75, 3.05) is 0 Å². The van der Waals surface area contributed by atoms with Crippen LogP contribution < -0.4 is 4.52 Å². The molecule has 162 valence electrons. The summed E-state index contributed by atoms with van der Waals surface area (Å²) < 4.78 is 17.0. The maximum atomic E-state index is 11.8. The summed E-state index contributed by atoms with van der Waals surface area (Å²) in [5, 5.41) is 0. The Morgan fingerprint density at radius 2 is 0.969 bits per heavy atom. The Balaban J connectivity index is 2.09. The standard InChI is InChI=1S/C27H25O4P/c1-18-4-10-21(11-5-18)24-16-17-25(31-32(28,29)30)27(23-14-8-20(3)9-15-23)26(24)22-12-6-19(2)7-13-22/h4-17H,1-3H3,(H2,28,29,30). The highest BCUT2D eigenvalue weighted by Gasteiger charge is 2.24. The van der Waals surface area contributed by atoms with Gasteiger partial charge in [-0.15, -0.1) is 0 Å². The van der Waals surface area contributed by atoms with Gasteiger partial charge in [0.15, 0.2) is 0 Å². The predicted octanol–water partition coefficient (Wildman–Crippen LogP) is 7.08. The van der Waals surface area contributed by atoms with Crippen LogP contribution in [-0.4, -0.2) is 9.79 Å². The SMILES string of the molecule is Cc1ccc(-c2ccc(OP(=O)(O)O)c(-c3ccc(C)cc3)c2-c2ccc(C)cc2)cc1. The summed E-state index contributed by atoms with van der Waals surface area (Å²) in [6.45, 7) is 6.07. The van der Waals surface area contributed by atoms with Gasteiger partial charge < -0.3 is 4.52 Å². The van der Waals surface area contributed by atoms with Crippen molar-refractivity contribution >= 4 is 7.82 Å². The van der Waals surface area contributed by atoms with E-state index in [2.05, 4.69) is 24.3 Å². The Kier molecular flexibility index (Phi) is 6.03. The summed E-state index contributed by atoms with van der Waals surface area (Å²) >= 11 is 0. The molecule has 0 unspecified atom stereocenters. The minimum atomic E-state index is -4.76. The molecule has 0 amide bonds. The molecule has 0 aliphatic carbocycles. The largest absolute Gasteiger partial charge is 0.524 e. The van der Waals surface area contributed by atoms with Gasteiger partial charge in [0.25, 0.3) is 0 Å². The molecule has 0 saturated heterocycles. The van der Waals surface area contributed by atoms with Gasteiger partial charge in [-0.25, -0.2) is 4.57 Å². The van der Waals surface area contributed by atoms with Crippen LogP contribution in [0.25, 0.3) is 33.4 Å². The van der Waals surface area contributed by atoms with Crippen molar-refractivity contribution in [1.29, 1.82) is 0 Å². The zero-order valence-corrected chi connectivity index (χ0v) is 19.1. The van der Waals surface area contributed by atoms with Gasteiger partial charge in [0.05, 0.1) is 0 Å². The highest BCUT2D eigenvalue weighted by molar-refractivity contribution is 7.46. The van der Waals surface area contributed by atoms with Gasteiger partial charge in [0.1, 0.15) is 5.75 Å². The van der Waals surface area contributed by atoms with Crippen LogP contribution >= 0.6 is 7.82 Å². The summed E-state index contributed by atoms with van der Waals surface area (Å²) in [6, 6.07) is 27.7. The first-order valence-electron chi connectivity index (χ1n) is 10.3. The number of rotatable bonds is 5. The quantitative estimate of drug-likeness (QED) is 0.323. The number of hydrogen-bond donors (Lipinski definition) is 2. The molecule has 0 aliphatic rings. The van der Waals surface area contributed by atoms with Crippen LogP contribution in [0.4, 0.5) is 0 Å². The second-order valence-electron chi connectivity index (χ2n) is 8.04. The summed E-state index contributed by atoms with van der Waals surface area (Å²) in [6.07, 6.45) is 0. The Hall–Kier alpha value is -3.17. The van der Waals surface area contributed by atoms with E-state index in [-0.39, 0.29) is 5.75 Å². The van der Waals surface area contributed by atoms with E-state index in [0.717, 1.165) is 44.5 Å². The van der Waals surface area contributed by atoms with Gasteiger partial charge >= 0.3 is 7.82 Å². The Bertz CT molecular complexity index is 1290. The van der Waals surface area contributed by atoms with Crippen LogP contribution in [0.3, 0.4) is 0 Å². The van der Waals surface area contributed by atoms with E-state index >= 15 is 0 Å². The Labute approximate surface area is 188 Å². The molecule has 0 atom stereocenters. The van der Waals surface area contributed by atoms with E-state index in [1.807, 2.05) is 75.4 Å². The smallest absolute Gasteiger partial charge is 0.404 e. The lowest BCUT2D eigenvalue weighted by Gasteiger charge is -2.21. The molecule has 4 aromatic rings. The zero-order valence-electron chi connectivity index (χ0n) is 18.2. The molecule has 2 N–H and O–H groups in total. The fourth-order valence-corrected chi connectivity index (χ4v) is 4.20. The first-order chi connectivity index (χ1) is 15.2. The monoisotopic (exact) mass is 444 g/mol. The van der Waals surface area contributed by atoms with E-state index in [1.165, 1.54) is 0 Å². The fraction of sp³-hybridized carbons (Fsp3) is 0.111. The average molecular weight is 444 g/mol. The van der Waals surface area contributed by atoms with Crippen molar-refractivity contribution in [2.45, 2.75) is 20.8 Å². The normalized spacial score (nSPS) is 11.4. The molecule has 0 spiro atoms. The van der Waals surface area contributed by atoms with Crippen LogP contribution in [0.2, 0.25) is 0 Å². The van der Waals surface area contributed by atoms with Crippen LogP contribution in [0, 0.1) is 20.8 Å². The molecule has 4 rings (SSSR count). The van der Waals surface area contributed by atoms with Gasteiger partial charge in [0, 0.05) is 11.1 Å². The number of benzene rings is 4. The third-order valence-corrected chi connectivity index (χ3v) is 5.86. The molecular formula is C27H25O4P. The van der Waals surface area contributed by atoms with Crippen LogP contribution in [0.5, 0.6) is 5.75 Å². The lowest BCUT2D eigenvalue weighted by atomic mass is 9.86.